The molecule has 0 aliphatic heterocycles. The molecule has 7 heteroatoms. The number of rotatable bonds is 6. The number of methoxy groups -OCH3 is 4. The molecule has 0 aliphatic rings. The first-order valence-corrected chi connectivity index (χ1v) is 10.3. The largest absolute Gasteiger partial charge is 0.493 e. The van der Waals surface area contributed by atoms with Crippen LogP contribution >= 0.6 is 15.9 Å². The predicted octanol–water partition coefficient (Wildman–Crippen LogP) is 5.51. The first kappa shape index (κ1) is 20.9. The van der Waals surface area contributed by atoms with Gasteiger partial charge in [0, 0.05) is 27.9 Å². The van der Waals surface area contributed by atoms with Crippen LogP contribution in [-0.4, -0.2) is 33.0 Å². The van der Waals surface area contributed by atoms with Gasteiger partial charge in [-0.05, 0) is 45.8 Å². The maximum Gasteiger partial charge on any atom is 0.185 e. The highest BCUT2D eigenvalue weighted by molar-refractivity contribution is 9.10. The van der Waals surface area contributed by atoms with Crippen molar-refractivity contribution < 1.29 is 18.9 Å². The van der Waals surface area contributed by atoms with Crippen LogP contribution in [0, 0.1) is 11.3 Å². The average Bonchev–Trinajstić information content (AvgIpc) is 3.11. The summed E-state index contributed by atoms with van der Waals surface area (Å²) >= 11 is 3.72. The van der Waals surface area contributed by atoms with Crippen LogP contribution in [0.1, 0.15) is 11.1 Å². The number of nitriles is 1. The molecule has 0 spiro atoms. The fourth-order valence-corrected chi connectivity index (χ4v) is 4.51. The van der Waals surface area contributed by atoms with E-state index in [-0.39, 0.29) is 0 Å². The monoisotopic (exact) mass is 480 g/mol. The normalized spacial score (nSPS) is 10.8. The van der Waals surface area contributed by atoms with Gasteiger partial charge in [-0.25, -0.2) is 0 Å². The molecule has 0 saturated heterocycles. The molecule has 0 bridgehead atoms. The molecule has 31 heavy (non-hydrogen) atoms. The molecule has 0 unspecified atom stereocenters. The fourth-order valence-electron chi connectivity index (χ4n) is 3.90. The van der Waals surface area contributed by atoms with Gasteiger partial charge >= 0.3 is 0 Å². The second-order valence-corrected chi connectivity index (χ2v) is 7.79. The molecule has 1 heterocycles. The minimum absolute atomic E-state index is 0.567. The predicted molar refractivity (Wildman–Crippen MR) is 124 cm³/mol. The van der Waals surface area contributed by atoms with Crippen LogP contribution in [0.25, 0.3) is 21.8 Å². The Morgan fingerprint density at radius 2 is 1.52 bits per heavy atom. The molecule has 1 aromatic heterocycles. The van der Waals surface area contributed by atoms with Crippen LogP contribution in [0.4, 0.5) is 0 Å². The van der Waals surface area contributed by atoms with Gasteiger partial charge in [-0.3, -0.25) is 0 Å². The molecule has 158 valence electrons. The van der Waals surface area contributed by atoms with Crippen LogP contribution in [0.2, 0.25) is 0 Å². The van der Waals surface area contributed by atoms with E-state index in [0.717, 1.165) is 31.8 Å². The quantitative estimate of drug-likeness (QED) is 0.363. The van der Waals surface area contributed by atoms with E-state index in [2.05, 4.69) is 26.6 Å². The zero-order valence-corrected chi connectivity index (χ0v) is 19.2. The summed E-state index contributed by atoms with van der Waals surface area (Å²) in [5.74, 6) is 2.56. The van der Waals surface area contributed by atoms with Gasteiger partial charge in [0.1, 0.15) is 0 Å². The van der Waals surface area contributed by atoms with Crippen molar-refractivity contribution in [3.8, 4) is 29.1 Å². The number of benzene rings is 3. The van der Waals surface area contributed by atoms with Gasteiger partial charge in [0.15, 0.2) is 23.0 Å². The van der Waals surface area contributed by atoms with Crippen LogP contribution in [-0.2, 0) is 6.54 Å². The number of fused-ring (bicyclic) bond motifs is 3. The molecule has 0 saturated carbocycles. The summed E-state index contributed by atoms with van der Waals surface area (Å²) in [7, 11) is 6.50. The van der Waals surface area contributed by atoms with Crippen molar-refractivity contribution in [3.05, 3.63) is 58.1 Å². The van der Waals surface area contributed by atoms with Gasteiger partial charge < -0.3 is 23.5 Å². The number of hydrogen-bond donors (Lipinski definition) is 0. The van der Waals surface area contributed by atoms with E-state index in [0.29, 0.717) is 35.1 Å². The zero-order chi connectivity index (χ0) is 22.1. The molecule has 6 nitrogen and oxygen atoms in total. The summed E-state index contributed by atoms with van der Waals surface area (Å²) in [6.07, 6.45) is 0. The highest BCUT2D eigenvalue weighted by Gasteiger charge is 2.23. The number of ether oxygens (including phenoxy) is 4. The lowest BCUT2D eigenvalue weighted by molar-refractivity contribution is 0.355. The average molecular weight is 481 g/mol. The minimum Gasteiger partial charge on any atom is -0.493 e. The molecule has 4 aromatic rings. The molecular formula is C24H21BrN2O4. The van der Waals surface area contributed by atoms with Crippen LogP contribution in [0.5, 0.6) is 23.0 Å². The summed E-state index contributed by atoms with van der Waals surface area (Å²) in [4.78, 5) is 0. The van der Waals surface area contributed by atoms with Crippen LogP contribution < -0.4 is 18.9 Å². The van der Waals surface area contributed by atoms with Crippen molar-refractivity contribution in [1.82, 2.24) is 4.57 Å². The SMILES string of the molecule is COc1cc2c3c(Br)cc(OC)c(OC)c3n(Cc3ccc(C#N)cc3)c2cc1OC. The summed E-state index contributed by atoms with van der Waals surface area (Å²) in [6.45, 7) is 0.567. The Labute approximate surface area is 188 Å². The van der Waals surface area contributed by atoms with Crippen molar-refractivity contribution in [1.29, 1.82) is 5.26 Å². The lowest BCUT2D eigenvalue weighted by Gasteiger charge is -2.14. The van der Waals surface area contributed by atoms with E-state index in [9.17, 15) is 0 Å². The van der Waals surface area contributed by atoms with Crippen molar-refractivity contribution >= 4 is 37.7 Å². The van der Waals surface area contributed by atoms with E-state index >= 15 is 0 Å². The number of hydrogen-bond acceptors (Lipinski definition) is 5. The smallest absolute Gasteiger partial charge is 0.185 e. The maximum atomic E-state index is 9.11. The van der Waals surface area contributed by atoms with Crippen LogP contribution in [0.3, 0.4) is 0 Å². The van der Waals surface area contributed by atoms with E-state index in [1.165, 1.54) is 0 Å². The van der Waals surface area contributed by atoms with Gasteiger partial charge in [0.25, 0.3) is 0 Å². The second-order valence-electron chi connectivity index (χ2n) is 6.94. The standard InChI is InChI=1S/C24H21BrN2O4/c1-28-19-9-16-18(11-20(19)29-2)27(13-15-7-5-14(12-26)6-8-15)23-22(16)17(25)10-21(30-3)24(23)31-4/h5-11H,13H2,1-4H3. The molecule has 4 rings (SSSR count). The molecule has 0 fully saturated rings. The number of aromatic nitrogens is 1. The van der Waals surface area contributed by atoms with Gasteiger partial charge in [-0.1, -0.05) is 12.1 Å². The lowest BCUT2D eigenvalue weighted by Crippen LogP contribution is -2.02. The van der Waals surface area contributed by atoms with Crippen molar-refractivity contribution in [2.24, 2.45) is 0 Å². The van der Waals surface area contributed by atoms with Crippen molar-refractivity contribution in [3.63, 3.8) is 0 Å². The van der Waals surface area contributed by atoms with Gasteiger partial charge in [-0.2, -0.15) is 5.26 Å². The molecule has 0 amide bonds. The summed E-state index contributed by atoms with van der Waals surface area (Å²) < 4.78 is 25.6. The maximum absolute atomic E-state index is 9.11. The molecule has 0 N–H and O–H groups in total. The van der Waals surface area contributed by atoms with E-state index in [1.54, 1.807) is 28.4 Å². The van der Waals surface area contributed by atoms with Gasteiger partial charge in [-0.15, -0.1) is 0 Å². The molecule has 0 radical (unpaired) electrons. The summed E-state index contributed by atoms with van der Waals surface area (Å²) in [5.41, 5.74) is 3.53. The summed E-state index contributed by atoms with van der Waals surface area (Å²) in [6, 6.07) is 15.6. The Morgan fingerprint density at radius 3 is 2.10 bits per heavy atom. The zero-order valence-electron chi connectivity index (χ0n) is 17.7. The third kappa shape index (κ3) is 3.43. The highest BCUT2D eigenvalue weighted by atomic mass is 79.9. The minimum atomic E-state index is 0.567. The first-order chi connectivity index (χ1) is 15.1. The van der Waals surface area contributed by atoms with Crippen molar-refractivity contribution in [2.75, 3.05) is 28.4 Å². The summed E-state index contributed by atoms with van der Waals surface area (Å²) in [5, 5.41) is 11.1. The van der Waals surface area contributed by atoms with E-state index in [4.69, 9.17) is 24.2 Å². The second kappa shape index (κ2) is 8.40. The molecule has 0 atom stereocenters. The lowest BCUT2D eigenvalue weighted by atomic mass is 10.1. The Balaban J connectivity index is 2.10. The van der Waals surface area contributed by atoms with Crippen molar-refractivity contribution in [2.45, 2.75) is 6.54 Å². The van der Waals surface area contributed by atoms with Gasteiger partial charge in [0.05, 0.1) is 51.1 Å². The Morgan fingerprint density at radius 1 is 0.871 bits per heavy atom. The number of halogens is 1. The van der Waals surface area contributed by atoms with Gasteiger partial charge in [0.2, 0.25) is 0 Å². The Bertz CT molecular complexity index is 1320. The third-order valence-corrected chi connectivity index (χ3v) is 5.98. The number of nitrogens with zero attached hydrogens (tertiary/aromatic N) is 2. The van der Waals surface area contributed by atoms with Crippen LogP contribution in [0.15, 0.2) is 46.9 Å². The molecule has 0 aliphatic carbocycles. The topological polar surface area (TPSA) is 65.6 Å². The highest BCUT2D eigenvalue weighted by Crippen LogP contribution is 2.47. The van der Waals surface area contributed by atoms with E-state index in [1.807, 2.05) is 42.5 Å². The van der Waals surface area contributed by atoms with E-state index < -0.39 is 0 Å². The molecular weight excluding hydrogens is 460 g/mol. The fraction of sp³-hybridized carbons (Fsp3) is 0.208. The third-order valence-electron chi connectivity index (χ3n) is 5.35. The first-order valence-electron chi connectivity index (χ1n) is 9.53. The Kier molecular flexibility index (Phi) is 5.66. The Hall–Kier alpha value is -3.37. The molecule has 3 aromatic carbocycles.